The van der Waals surface area contributed by atoms with E-state index in [0.717, 1.165) is 36.8 Å². The molecule has 0 bridgehead atoms. The molecule has 176 valence electrons. The van der Waals surface area contributed by atoms with Gasteiger partial charge in [-0.1, -0.05) is 61.2 Å². The Hall–Kier alpha value is -3.68. The van der Waals surface area contributed by atoms with Gasteiger partial charge in [0.15, 0.2) is 0 Å². The summed E-state index contributed by atoms with van der Waals surface area (Å²) in [6, 6.07) is 15.2. The summed E-state index contributed by atoms with van der Waals surface area (Å²) >= 11 is 0. The van der Waals surface area contributed by atoms with E-state index in [1.165, 1.54) is 20.1 Å². The van der Waals surface area contributed by atoms with E-state index in [9.17, 15) is 14.4 Å². The molecule has 0 saturated heterocycles. The Morgan fingerprint density at radius 1 is 1.06 bits per heavy atom. The lowest BCUT2D eigenvalue weighted by Crippen LogP contribution is -2.37. The Kier molecular flexibility index (Phi) is 6.04. The molecule has 1 fully saturated rings. The Morgan fingerprint density at radius 2 is 1.85 bits per heavy atom. The predicted molar refractivity (Wildman–Crippen MR) is 131 cm³/mol. The molecule has 1 aliphatic rings. The van der Waals surface area contributed by atoms with Crippen molar-refractivity contribution >= 4 is 22.6 Å². The van der Waals surface area contributed by atoms with Gasteiger partial charge in [0.05, 0.1) is 17.4 Å². The van der Waals surface area contributed by atoms with E-state index in [-0.39, 0.29) is 41.9 Å². The van der Waals surface area contributed by atoms with E-state index in [1.54, 1.807) is 24.3 Å². The molecule has 8 nitrogen and oxygen atoms in total. The minimum absolute atomic E-state index is 0.0772. The summed E-state index contributed by atoms with van der Waals surface area (Å²) in [5, 5.41) is 8.07. The molecule has 0 atom stereocenters. The topological polar surface area (TPSA) is 90.4 Å². The summed E-state index contributed by atoms with van der Waals surface area (Å²) in [5.41, 5.74) is 2.01. The van der Waals surface area contributed by atoms with Crippen molar-refractivity contribution in [1.29, 1.82) is 0 Å². The molecule has 1 saturated carbocycles. The van der Waals surface area contributed by atoms with Crippen molar-refractivity contribution in [2.45, 2.75) is 64.6 Å². The van der Waals surface area contributed by atoms with Crippen LogP contribution in [0.15, 0.2) is 58.1 Å². The van der Waals surface area contributed by atoms with Crippen LogP contribution in [0.2, 0.25) is 0 Å². The van der Waals surface area contributed by atoms with Gasteiger partial charge < -0.3 is 5.32 Å². The quantitative estimate of drug-likeness (QED) is 0.480. The number of hydrogen-bond acceptors (Lipinski definition) is 4. The Morgan fingerprint density at radius 3 is 2.65 bits per heavy atom. The number of aryl methyl sites for hydroxylation is 2. The van der Waals surface area contributed by atoms with Crippen LogP contribution in [0.5, 0.6) is 0 Å². The van der Waals surface area contributed by atoms with Crippen LogP contribution < -0.4 is 16.6 Å². The monoisotopic (exact) mass is 459 g/mol. The van der Waals surface area contributed by atoms with Crippen molar-refractivity contribution in [2.75, 3.05) is 0 Å². The first kappa shape index (κ1) is 22.1. The van der Waals surface area contributed by atoms with Crippen LogP contribution in [0.1, 0.15) is 49.7 Å². The van der Waals surface area contributed by atoms with Gasteiger partial charge in [-0.15, -0.1) is 5.10 Å². The number of aromatic nitrogens is 4. The van der Waals surface area contributed by atoms with Gasteiger partial charge in [0, 0.05) is 19.0 Å². The standard InChI is InChI=1S/C26H29N5O3/c1-18-8-7-9-19(16-18)17-30-26(34)31-22-13-6-5-12-21(22)24(33)29(25(31)28-30)15-14-23(32)27-20-10-3-2-4-11-20/h5-9,12-13,16,20H,2-4,10-11,14-15,17H2,1H3,(H,27,32). The number of hydrogen-bond donors (Lipinski definition) is 1. The number of amides is 1. The van der Waals surface area contributed by atoms with Crippen molar-refractivity contribution in [3.8, 4) is 0 Å². The summed E-state index contributed by atoms with van der Waals surface area (Å²) in [5.74, 6) is 0.179. The lowest BCUT2D eigenvalue weighted by Gasteiger charge is -2.22. The molecule has 2 heterocycles. The second kappa shape index (κ2) is 9.29. The number of nitrogens with one attached hydrogen (secondary N) is 1. The van der Waals surface area contributed by atoms with E-state index in [0.29, 0.717) is 17.4 Å². The van der Waals surface area contributed by atoms with E-state index < -0.39 is 0 Å². The van der Waals surface area contributed by atoms with Crippen LogP contribution in [0.25, 0.3) is 16.7 Å². The number of nitrogens with zero attached hydrogens (tertiary/aromatic N) is 4. The molecular formula is C26H29N5O3. The zero-order chi connectivity index (χ0) is 23.7. The maximum Gasteiger partial charge on any atom is 0.352 e. The number of fused-ring (bicyclic) bond motifs is 3. The zero-order valence-corrected chi connectivity index (χ0v) is 19.4. The van der Waals surface area contributed by atoms with Crippen LogP contribution in [0.3, 0.4) is 0 Å². The smallest absolute Gasteiger partial charge is 0.352 e. The highest BCUT2D eigenvalue weighted by atomic mass is 16.2. The van der Waals surface area contributed by atoms with Crippen molar-refractivity contribution in [3.05, 3.63) is 80.5 Å². The van der Waals surface area contributed by atoms with Gasteiger partial charge in [0.2, 0.25) is 11.7 Å². The van der Waals surface area contributed by atoms with E-state index in [4.69, 9.17) is 0 Å². The van der Waals surface area contributed by atoms with Crippen LogP contribution in [-0.4, -0.2) is 30.7 Å². The molecule has 1 aliphatic carbocycles. The minimum Gasteiger partial charge on any atom is -0.353 e. The van der Waals surface area contributed by atoms with Gasteiger partial charge in [-0.05, 0) is 37.5 Å². The second-order valence-corrected chi connectivity index (χ2v) is 9.19. The normalized spacial score (nSPS) is 14.6. The fourth-order valence-electron chi connectivity index (χ4n) is 4.92. The molecule has 8 heteroatoms. The highest BCUT2D eigenvalue weighted by Gasteiger charge is 2.19. The molecule has 2 aromatic carbocycles. The summed E-state index contributed by atoms with van der Waals surface area (Å²) in [6.07, 6.45) is 5.66. The van der Waals surface area contributed by atoms with Crippen LogP contribution in [-0.2, 0) is 17.9 Å². The number of carbonyl (C=O) groups is 1. The summed E-state index contributed by atoms with van der Waals surface area (Å²) in [6.45, 7) is 2.46. The van der Waals surface area contributed by atoms with Crippen molar-refractivity contribution in [2.24, 2.45) is 0 Å². The fraction of sp³-hybridized carbons (Fsp3) is 0.385. The zero-order valence-electron chi connectivity index (χ0n) is 19.4. The molecule has 4 aromatic rings. The Bertz CT molecular complexity index is 1470. The van der Waals surface area contributed by atoms with E-state index in [1.807, 2.05) is 31.2 Å². The van der Waals surface area contributed by atoms with Crippen LogP contribution in [0, 0.1) is 6.92 Å². The van der Waals surface area contributed by atoms with Gasteiger partial charge in [0.25, 0.3) is 5.56 Å². The third kappa shape index (κ3) is 4.27. The van der Waals surface area contributed by atoms with Gasteiger partial charge in [-0.2, -0.15) is 0 Å². The molecule has 5 rings (SSSR count). The third-order valence-electron chi connectivity index (χ3n) is 6.63. The van der Waals surface area contributed by atoms with Crippen LogP contribution in [0.4, 0.5) is 0 Å². The molecule has 2 aromatic heterocycles. The lowest BCUT2D eigenvalue weighted by atomic mass is 9.95. The molecule has 0 radical (unpaired) electrons. The van der Waals surface area contributed by atoms with Crippen molar-refractivity contribution in [3.63, 3.8) is 0 Å². The minimum atomic E-state index is -0.312. The first-order valence-electron chi connectivity index (χ1n) is 12.0. The van der Waals surface area contributed by atoms with Gasteiger partial charge >= 0.3 is 5.69 Å². The average Bonchev–Trinajstić information content (AvgIpc) is 3.15. The highest BCUT2D eigenvalue weighted by Crippen LogP contribution is 2.17. The maximum absolute atomic E-state index is 13.4. The Labute approximate surface area is 196 Å². The van der Waals surface area contributed by atoms with Gasteiger partial charge in [0.1, 0.15) is 0 Å². The molecule has 0 unspecified atom stereocenters. The van der Waals surface area contributed by atoms with Crippen LogP contribution >= 0.6 is 0 Å². The molecule has 34 heavy (non-hydrogen) atoms. The lowest BCUT2D eigenvalue weighted by molar-refractivity contribution is -0.122. The van der Waals surface area contributed by atoms with Crippen molar-refractivity contribution in [1.82, 2.24) is 24.1 Å². The molecule has 0 spiro atoms. The number of benzene rings is 2. The van der Waals surface area contributed by atoms with Gasteiger partial charge in [-0.25, -0.2) is 13.9 Å². The fourth-order valence-corrected chi connectivity index (χ4v) is 4.92. The largest absolute Gasteiger partial charge is 0.353 e. The maximum atomic E-state index is 13.4. The Balaban J connectivity index is 1.52. The summed E-state index contributed by atoms with van der Waals surface area (Å²) in [4.78, 5) is 39.3. The summed E-state index contributed by atoms with van der Waals surface area (Å²) in [7, 11) is 0. The average molecular weight is 460 g/mol. The second-order valence-electron chi connectivity index (χ2n) is 9.19. The van der Waals surface area contributed by atoms with Gasteiger partial charge in [-0.3, -0.25) is 14.2 Å². The first-order chi connectivity index (χ1) is 16.5. The summed E-state index contributed by atoms with van der Waals surface area (Å²) < 4.78 is 4.32. The third-order valence-corrected chi connectivity index (χ3v) is 6.63. The molecule has 1 N–H and O–H groups in total. The SMILES string of the molecule is Cc1cccc(Cn2nc3n(CCC(=O)NC4CCCCC4)c(=O)c4ccccc4n3c2=O)c1. The molecule has 1 amide bonds. The first-order valence-corrected chi connectivity index (χ1v) is 12.0. The van der Waals surface area contributed by atoms with E-state index >= 15 is 0 Å². The number of para-hydroxylation sites is 1. The molecule has 0 aliphatic heterocycles. The van der Waals surface area contributed by atoms with E-state index in [2.05, 4.69) is 10.4 Å². The predicted octanol–water partition coefficient (Wildman–Crippen LogP) is 3.01. The van der Waals surface area contributed by atoms with Crippen molar-refractivity contribution < 1.29 is 4.79 Å². The number of rotatable bonds is 6. The number of carbonyl (C=O) groups excluding carboxylic acids is 1. The molecular weight excluding hydrogens is 430 g/mol. The highest BCUT2D eigenvalue weighted by molar-refractivity contribution is 5.80.